The molecule has 0 aromatic carbocycles. The second-order valence-electron chi connectivity index (χ2n) is 2.01. The van der Waals surface area contributed by atoms with Crippen LogP contribution in [0.5, 0.6) is 0 Å². The van der Waals surface area contributed by atoms with Crippen molar-refractivity contribution in [1.29, 1.82) is 0 Å². The molecule has 0 aliphatic rings. The van der Waals surface area contributed by atoms with Gasteiger partial charge >= 0.3 is 5.97 Å². The van der Waals surface area contributed by atoms with Gasteiger partial charge in [-0.05, 0) is 13.2 Å². The van der Waals surface area contributed by atoms with Gasteiger partial charge in [0, 0.05) is 0 Å². The van der Waals surface area contributed by atoms with Gasteiger partial charge in [0.25, 0.3) is 0 Å². The number of nitrogens with one attached hydrogen (secondary N) is 1. The molecule has 0 aliphatic carbocycles. The molecule has 5 heteroatoms. The smallest absolute Gasteiger partial charge is 0.355 e. The molecule has 0 aliphatic heterocycles. The van der Waals surface area contributed by atoms with Crippen LogP contribution in [0.2, 0.25) is 0 Å². The van der Waals surface area contributed by atoms with E-state index in [0.717, 1.165) is 0 Å². The van der Waals surface area contributed by atoms with E-state index in [1.54, 1.807) is 13.2 Å². The van der Waals surface area contributed by atoms with Crippen LogP contribution in [0.15, 0.2) is 5.03 Å². The van der Waals surface area contributed by atoms with Crippen molar-refractivity contribution in [3.8, 4) is 0 Å². The fraction of sp³-hybridized carbons (Fsp3) is 0.333. The van der Waals surface area contributed by atoms with Gasteiger partial charge in [-0.2, -0.15) is 0 Å². The topological polar surface area (TPSA) is 66.0 Å². The van der Waals surface area contributed by atoms with E-state index in [4.69, 9.17) is 5.11 Å². The minimum atomic E-state index is -0.963. The Labute approximate surface area is 68.0 Å². The number of aromatic nitrogens is 2. The first-order valence-corrected chi connectivity index (χ1v) is 4.21. The average Bonchev–Trinajstić information content (AvgIpc) is 2.30. The summed E-state index contributed by atoms with van der Waals surface area (Å²) < 4.78 is 0. The molecule has 1 heterocycles. The third kappa shape index (κ3) is 1.54. The minimum absolute atomic E-state index is 0.176. The lowest BCUT2D eigenvalue weighted by Gasteiger charge is -1.89. The summed E-state index contributed by atoms with van der Waals surface area (Å²) in [5.41, 5.74) is 0.176. The number of hydrogen-bond donors (Lipinski definition) is 2. The Balaban J connectivity index is 3.12. The number of nitrogens with zero attached hydrogens (tertiary/aromatic N) is 1. The second kappa shape index (κ2) is 2.96. The van der Waals surface area contributed by atoms with Crippen LogP contribution in [0.3, 0.4) is 0 Å². The largest absolute Gasteiger partial charge is 0.476 e. The van der Waals surface area contributed by atoms with Crippen LogP contribution < -0.4 is 0 Å². The Bertz CT molecular complexity index is 282. The first kappa shape index (κ1) is 8.13. The third-order valence-electron chi connectivity index (χ3n) is 1.20. The molecular weight excluding hydrogens is 164 g/mol. The van der Waals surface area contributed by atoms with E-state index in [1.165, 1.54) is 11.8 Å². The molecule has 11 heavy (non-hydrogen) atoms. The number of aromatic carboxylic acids is 1. The molecule has 0 amide bonds. The standard InChI is InChI=1S/C6H8N2O2S/c1-3-7-4(6(9)10)5(8-3)11-2/h1-2H3,(H,7,8)(H,9,10). The molecule has 0 radical (unpaired) electrons. The monoisotopic (exact) mass is 172 g/mol. The Kier molecular flexibility index (Phi) is 2.19. The number of hydrogen-bond acceptors (Lipinski definition) is 3. The van der Waals surface area contributed by atoms with Gasteiger partial charge in [0.1, 0.15) is 10.9 Å². The molecule has 2 N–H and O–H groups in total. The van der Waals surface area contributed by atoms with Crippen LogP contribution in [-0.4, -0.2) is 27.3 Å². The highest BCUT2D eigenvalue weighted by atomic mass is 32.2. The van der Waals surface area contributed by atoms with Gasteiger partial charge in [-0.25, -0.2) is 9.78 Å². The van der Waals surface area contributed by atoms with Crippen molar-refractivity contribution in [3.05, 3.63) is 11.5 Å². The molecular formula is C6H8N2O2S. The number of H-pyrrole nitrogens is 1. The predicted molar refractivity (Wildman–Crippen MR) is 42.1 cm³/mol. The Morgan fingerprint density at radius 2 is 2.36 bits per heavy atom. The van der Waals surface area contributed by atoms with E-state index in [-0.39, 0.29) is 5.69 Å². The van der Waals surface area contributed by atoms with Gasteiger partial charge in [-0.3, -0.25) is 0 Å². The summed E-state index contributed by atoms with van der Waals surface area (Å²) in [6.45, 7) is 1.73. The third-order valence-corrected chi connectivity index (χ3v) is 1.88. The number of aromatic amines is 1. The molecule has 1 aromatic heterocycles. The van der Waals surface area contributed by atoms with Crippen molar-refractivity contribution < 1.29 is 9.90 Å². The first-order valence-electron chi connectivity index (χ1n) is 2.99. The zero-order valence-electron chi connectivity index (χ0n) is 6.21. The van der Waals surface area contributed by atoms with Crippen molar-refractivity contribution in [3.63, 3.8) is 0 Å². The van der Waals surface area contributed by atoms with E-state index < -0.39 is 5.97 Å². The summed E-state index contributed by atoms with van der Waals surface area (Å²) in [7, 11) is 0. The van der Waals surface area contributed by atoms with Crippen molar-refractivity contribution in [2.24, 2.45) is 0 Å². The minimum Gasteiger partial charge on any atom is -0.476 e. The lowest BCUT2D eigenvalue weighted by molar-refractivity contribution is 0.0687. The summed E-state index contributed by atoms with van der Waals surface area (Å²) in [5.74, 6) is -0.332. The summed E-state index contributed by atoms with van der Waals surface area (Å²) in [6, 6.07) is 0. The van der Waals surface area contributed by atoms with E-state index in [2.05, 4.69) is 9.97 Å². The average molecular weight is 172 g/mol. The Morgan fingerprint density at radius 1 is 1.73 bits per heavy atom. The molecule has 0 saturated heterocycles. The molecule has 0 atom stereocenters. The predicted octanol–water partition coefficient (Wildman–Crippen LogP) is 1.14. The van der Waals surface area contributed by atoms with Gasteiger partial charge in [-0.1, -0.05) is 0 Å². The highest BCUT2D eigenvalue weighted by molar-refractivity contribution is 7.98. The van der Waals surface area contributed by atoms with Gasteiger partial charge < -0.3 is 10.1 Å². The summed E-state index contributed by atoms with van der Waals surface area (Å²) in [4.78, 5) is 17.1. The van der Waals surface area contributed by atoms with Crippen molar-refractivity contribution in [1.82, 2.24) is 9.97 Å². The molecule has 0 bridgehead atoms. The molecule has 1 aromatic rings. The molecule has 0 unspecified atom stereocenters. The van der Waals surface area contributed by atoms with E-state index >= 15 is 0 Å². The fourth-order valence-electron chi connectivity index (χ4n) is 0.763. The fourth-order valence-corrected chi connectivity index (χ4v) is 1.33. The zero-order valence-corrected chi connectivity index (χ0v) is 7.03. The lowest BCUT2D eigenvalue weighted by atomic mass is 10.5. The Hall–Kier alpha value is -0.970. The maximum atomic E-state index is 10.5. The van der Waals surface area contributed by atoms with Gasteiger partial charge in [0.15, 0.2) is 5.69 Å². The Morgan fingerprint density at radius 3 is 2.73 bits per heavy atom. The quantitative estimate of drug-likeness (QED) is 0.656. The summed E-state index contributed by atoms with van der Waals surface area (Å²) >= 11 is 1.32. The number of imidazole rings is 1. The van der Waals surface area contributed by atoms with E-state index in [1.807, 2.05) is 0 Å². The zero-order chi connectivity index (χ0) is 8.43. The lowest BCUT2D eigenvalue weighted by Crippen LogP contribution is -1.97. The molecule has 0 saturated carbocycles. The SMILES string of the molecule is CSc1nc(C)[nH]c1C(=O)O. The number of carboxylic acids is 1. The second-order valence-corrected chi connectivity index (χ2v) is 2.81. The van der Waals surface area contributed by atoms with Crippen LogP contribution in [0.25, 0.3) is 0 Å². The normalized spacial score (nSPS) is 10.0. The highest BCUT2D eigenvalue weighted by Crippen LogP contribution is 2.16. The molecule has 60 valence electrons. The molecule has 4 nitrogen and oxygen atoms in total. The number of thioether (sulfide) groups is 1. The number of aryl methyl sites for hydroxylation is 1. The highest BCUT2D eigenvalue weighted by Gasteiger charge is 2.12. The van der Waals surface area contributed by atoms with Crippen LogP contribution in [0.1, 0.15) is 16.3 Å². The number of carbonyl (C=O) groups is 1. The van der Waals surface area contributed by atoms with Crippen LogP contribution >= 0.6 is 11.8 Å². The summed E-state index contributed by atoms with van der Waals surface area (Å²) in [6.07, 6.45) is 1.79. The number of rotatable bonds is 2. The van der Waals surface area contributed by atoms with E-state index in [9.17, 15) is 4.79 Å². The number of carboxylic acid groups (broad SMARTS) is 1. The van der Waals surface area contributed by atoms with Crippen LogP contribution in [0, 0.1) is 6.92 Å². The van der Waals surface area contributed by atoms with Gasteiger partial charge in [0.05, 0.1) is 0 Å². The maximum absolute atomic E-state index is 10.5. The van der Waals surface area contributed by atoms with Crippen molar-refractivity contribution >= 4 is 17.7 Å². The van der Waals surface area contributed by atoms with Crippen LogP contribution in [-0.2, 0) is 0 Å². The van der Waals surface area contributed by atoms with E-state index in [0.29, 0.717) is 10.9 Å². The molecule has 0 fully saturated rings. The van der Waals surface area contributed by atoms with Crippen molar-refractivity contribution in [2.45, 2.75) is 11.9 Å². The van der Waals surface area contributed by atoms with Crippen molar-refractivity contribution in [2.75, 3.05) is 6.26 Å². The van der Waals surface area contributed by atoms with Gasteiger partial charge in [0.2, 0.25) is 0 Å². The van der Waals surface area contributed by atoms with Crippen LogP contribution in [0.4, 0.5) is 0 Å². The molecule has 0 spiro atoms. The maximum Gasteiger partial charge on any atom is 0.355 e. The molecule has 1 rings (SSSR count). The first-order chi connectivity index (χ1) is 5.15. The van der Waals surface area contributed by atoms with Gasteiger partial charge in [-0.15, -0.1) is 11.8 Å². The summed E-state index contributed by atoms with van der Waals surface area (Å²) in [5, 5.41) is 9.16.